The second-order valence-electron chi connectivity index (χ2n) is 0.600. The van der Waals surface area contributed by atoms with Gasteiger partial charge in [-0.1, -0.05) is 0 Å². The maximum absolute atomic E-state index is 10.6. The fraction of sp³-hybridized carbons (Fsp3) is 0.667. The Morgan fingerprint density at radius 1 is 1.86 bits per heavy atom. The Balaban J connectivity index is 0. The molecule has 44 valence electrons. The van der Waals surface area contributed by atoms with Crippen LogP contribution < -0.4 is 5.73 Å². The summed E-state index contributed by atoms with van der Waals surface area (Å²) in [5.41, 5.74) is 4.28. The molecule has 0 radical (unpaired) electrons. The summed E-state index contributed by atoms with van der Waals surface area (Å²) in [4.78, 5) is 9.22. The van der Waals surface area contributed by atoms with Gasteiger partial charge in [-0.05, 0) is 0 Å². The molecule has 0 aromatic rings. The average Bonchev–Trinajstić information content (AvgIpc) is 1.73. The fourth-order valence-electron chi connectivity index (χ4n) is 0. The highest BCUT2D eigenvalue weighted by molar-refractivity contribution is 5.74. The topological polar surface area (TPSA) is 63.3 Å². The van der Waals surface area contributed by atoms with E-state index in [1.54, 1.807) is 0 Å². The minimum atomic E-state index is -1.06. The number of alkyl halides is 1. The first-order valence-corrected chi connectivity index (χ1v) is 1.56. The summed E-state index contributed by atoms with van der Waals surface area (Å²) >= 11 is 0. The summed E-state index contributed by atoms with van der Waals surface area (Å²) in [6.07, 6.45) is 0. The van der Waals surface area contributed by atoms with Gasteiger partial charge in [0.25, 0.3) is 0 Å². The zero-order valence-electron chi connectivity index (χ0n) is 4.02. The van der Waals surface area contributed by atoms with Gasteiger partial charge in [0.2, 0.25) is 5.91 Å². The van der Waals surface area contributed by atoms with Crippen molar-refractivity contribution in [3.8, 4) is 0 Å². The molecule has 0 aliphatic carbocycles. The first kappa shape index (κ1) is 9.61. The Morgan fingerprint density at radius 3 is 2.00 bits per heavy atom. The molecule has 3 N–H and O–H groups in total. The van der Waals surface area contributed by atoms with Gasteiger partial charge in [0.1, 0.15) is 0 Å². The van der Waals surface area contributed by atoms with Crippen LogP contribution in [0.3, 0.4) is 0 Å². The van der Waals surface area contributed by atoms with Crippen LogP contribution in [0.5, 0.6) is 0 Å². The molecule has 0 saturated carbocycles. The molecule has 0 aliphatic heterocycles. The van der Waals surface area contributed by atoms with Crippen LogP contribution in [0.25, 0.3) is 0 Å². The number of nitrogens with two attached hydrogens (primary N) is 1. The minimum absolute atomic E-state index is 0.912. The molecule has 0 saturated heterocycles. The zero-order chi connectivity index (χ0) is 6.28. The quantitative estimate of drug-likeness (QED) is 0.456. The summed E-state index contributed by atoms with van der Waals surface area (Å²) in [5.74, 6) is -0.912. The lowest BCUT2D eigenvalue weighted by Gasteiger charge is -1.70. The van der Waals surface area contributed by atoms with Crippen molar-refractivity contribution in [3.63, 3.8) is 0 Å². The molecule has 1 amide bonds. The largest absolute Gasteiger partial charge is 0.400 e. The van der Waals surface area contributed by atoms with Gasteiger partial charge in [-0.15, -0.1) is 0 Å². The number of aliphatic hydroxyl groups excluding tert-OH is 1. The van der Waals surface area contributed by atoms with E-state index in [1.165, 1.54) is 0 Å². The number of carbonyl (C=O) groups excluding carboxylic acids is 1. The summed E-state index contributed by atoms with van der Waals surface area (Å²) in [6, 6.07) is 0. The maximum atomic E-state index is 10.6. The fourth-order valence-corrected chi connectivity index (χ4v) is 0. The molecule has 3 nitrogen and oxygen atoms in total. The Morgan fingerprint density at radius 2 is 2.00 bits per heavy atom. The van der Waals surface area contributed by atoms with E-state index >= 15 is 0 Å². The predicted octanol–water partition coefficient (Wildman–Crippen LogP) is -0.950. The summed E-state index contributed by atoms with van der Waals surface area (Å²) in [7, 11) is 1.00. The smallest absolute Gasteiger partial charge is 0.248 e. The van der Waals surface area contributed by atoms with Crippen LogP contribution in [0.15, 0.2) is 0 Å². The van der Waals surface area contributed by atoms with E-state index in [4.69, 9.17) is 5.11 Å². The third-order valence-electron chi connectivity index (χ3n) is 0.132. The summed E-state index contributed by atoms with van der Waals surface area (Å²) < 4.78 is 10.6. The van der Waals surface area contributed by atoms with E-state index in [9.17, 15) is 9.18 Å². The Hall–Kier alpha value is -0.640. The third-order valence-corrected chi connectivity index (χ3v) is 0.132. The number of hydrogen-bond acceptors (Lipinski definition) is 2. The normalized spacial score (nSPS) is 6.14. The lowest BCUT2D eigenvalue weighted by Crippen LogP contribution is -2.11. The van der Waals surface area contributed by atoms with Crippen molar-refractivity contribution in [2.24, 2.45) is 5.73 Å². The van der Waals surface area contributed by atoms with Gasteiger partial charge in [-0.2, -0.15) is 0 Å². The Labute approximate surface area is 40.9 Å². The molecule has 7 heavy (non-hydrogen) atoms. The maximum Gasteiger partial charge on any atom is 0.248 e. The first-order chi connectivity index (χ1) is 3.27. The number of halogens is 1. The minimum Gasteiger partial charge on any atom is -0.400 e. The van der Waals surface area contributed by atoms with Gasteiger partial charge < -0.3 is 10.8 Å². The number of amides is 1. The SMILES string of the molecule is CO.NC(=O)CF. The monoisotopic (exact) mass is 109 g/mol. The van der Waals surface area contributed by atoms with E-state index in [-0.39, 0.29) is 0 Å². The van der Waals surface area contributed by atoms with Crippen LogP contribution in [0.2, 0.25) is 0 Å². The number of primary amides is 1. The van der Waals surface area contributed by atoms with E-state index < -0.39 is 12.6 Å². The second kappa shape index (κ2) is 9.03. The highest BCUT2D eigenvalue weighted by Crippen LogP contribution is 1.55. The zero-order valence-corrected chi connectivity index (χ0v) is 4.02. The number of aliphatic hydroxyl groups is 1. The van der Waals surface area contributed by atoms with Gasteiger partial charge in [0.05, 0.1) is 0 Å². The van der Waals surface area contributed by atoms with Crippen molar-refractivity contribution in [2.45, 2.75) is 0 Å². The number of rotatable bonds is 1. The third kappa shape index (κ3) is 32.7. The van der Waals surface area contributed by atoms with Crippen LogP contribution in [-0.2, 0) is 4.79 Å². The highest BCUT2D eigenvalue weighted by atomic mass is 19.1. The van der Waals surface area contributed by atoms with Crippen molar-refractivity contribution < 1.29 is 14.3 Å². The van der Waals surface area contributed by atoms with Crippen LogP contribution in [-0.4, -0.2) is 24.8 Å². The van der Waals surface area contributed by atoms with Crippen LogP contribution in [0, 0.1) is 0 Å². The predicted molar refractivity (Wildman–Crippen MR) is 23.3 cm³/mol. The molecule has 0 aliphatic rings. The van der Waals surface area contributed by atoms with Crippen molar-refractivity contribution in [1.82, 2.24) is 0 Å². The molecule has 0 bridgehead atoms. The number of carbonyl (C=O) groups is 1. The van der Waals surface area contributed by atoms with E-state index in [2.05, 4.69) is 5.73 Å². The highest BCUT2D eigenvalue weighted by Gasteiger charge is 1.81. The Kier molecular flexibility index (Phi) is 12.4. The summed E-state index contributed by atoms with van der Waals surface area (Å²) in [5, 5.41) is 7.00. The lowest BCUT2D eigenvalue weighted by molar-refractivity contribution is -0.118. The van der Waals surface area contributed by atoms with Crippen molar-refractivity contribution in [3.05, 3.63) is 0 Å². The standard InChI is InChI=1S/C2H4FNO.CH4O/c3-1-2(4)5;1-2/h1H2,(H2,4,5);2H,1H3. The molecular weight excluding hydrogens is 101 g/mol. The molecule has 0 aromatic heterocycles. The summed E-state index contributed by atoms with van der Waals surface area (Å²) in [6.45, 7) is -1.06. The molecule has 0 rings (SSSR count). The van der Waals surface area contributed by atoms with Gasteiger partial charge in [0, 0.05) is 7.11 Å². The van der Waals surface area contributed by atoms with Crippen molar-refractivity contribution in [2.75, 3.05) is 13.8 Å². The van der Waals surface area contributed by atoms with Gasteiger partial charge >= 0.3 is 0 Å². The second-order valence-corrected chi connectivity index (χ2v) is 0.600. The van der Waals surface area contributed by atoms with Crippen LogP contribution in [0.4, 0.5) is 4.39 Å². The lowest BCUT2D eigenvalue weighted by atomic mass is 10.7. The molecular formula is C3H8FNO2. The Bertz CT molecular complexity index is 48.2. The van der Waals surface area contributed by atoms with Gasteiger partial charge in [-0.25, -0.2) is 4.39 Å². The van der Waals surface area contributed by atoms with E-state index in [0.717, 1.165) is 7.11 Å². The molecule has 0 heterocycles. The average molecular weight is 109 g/mol. The first-order valence-electron chi connectivity index (χ1n) is 1.56. The molecule has 4 heteroatoms. The molecule has 0 spiro atoms. The number of hydrogen-bond donors (Lipinski definition) is 2. The van der Waals surface area contributed by atoms with Gasteiger partial charge in [0.15, 0.2) is 6.67 Å². The molecule has 0 aromatic carbocycles. The van der Waals surface area contributed by atoms with Crippen LogP contribution in [0.1, 0.15) is 0 Å². The molecule has 0 atom stereocenters. The van der Waals surface area contributed by atoms with Crippen molar-refractivity contribution in [1.29, 1.82) is 0 Å². The van der Waals surface area contributed by atoms with Gasteiger partial charge in [-0.3, -0.25) is 4.79 Å². The van der Waals surface area contributed by atoms with Crippen LogP contribution >= 0.6 is 0 Å². The van der Waals surface area contributed by atoms with E-state index in [1.807, 2.05) is 0 Å². The van der Waals surface area contributed by atoms with E-state index in [0.29, 0.717) is 0 Å². The molecule has 0 fully saturated rings. The van der Waals surface area contributed by atoms with Crippen molar-refractivity contribution >= 4 is 5.91 Å². The molecule has 0 unspecified atom stereocenters.